The van der Waals surface area contributed by atoms with Crippen LogP contribution in [0.2, 0.25) is 0 Å². The predicted molar refractivity (Wildman–Crippen MR) is 63.4 cm³/mol. The molecule has 0 saturated heterocycles. The van der Waals surface area contributed by atoms with Crippen LogP contribution in [0, 0.1) is 11.6 Å². The van der Waals surface area contributed by atoms with Crippen molar-refractivity contribution in [2.24, 2.45) is 0 Å². The number of aromatic nitrogens is 2. The largest absolute Gasteiger partial charge is 0.298 e. The Kier molecular flexibility index (Phi) is 3.23. The Morgan fingerprint density at radius 2 is 1.83 bits per heavy atom. The lowest BCUT2D eigenvalue weighted by Gasteiger charge is -2.03. The fraction of sp³-hybridized carbons (Fsp3) is 0.231. The van der Waals surface area contributed by atoms with Crippen LogP contribution in [0.15, 0.2) is 24.4 Å². The molecule has 0 aliphatic rings. The van der Waals surface area contributed by atoms with Crippen molar-refractivity contribution in [2.75, 3.05) is 0 Å². The van der Waals surface area contributed by atoms with Gasteiger partial charge in [-0.05, 0) is 26.0 Å². The van der Waals surface area contributed by atoms with Gasteiger partial charge in [-0.1, -0.05) is 0 Å². The number of benzene rings is 1. The number of rotatable bonds is 3. The topological polar surface area (TPSA) is 34.9 Å². The molecule has 0 atom stereocenters. The van der Waals surface area contributed by atoms with Gasteiger partial charge in [0, 0.05) is 23.9 Å². The third-order valence-electron chi connectivity index (χ3n) is 2.55. The van der Waals surface area contributed by atoms with Crippen LogP contribution < -0.4 is 0 Å². The molecule has 0 fully saturated rings. The molecule has 0 amide bonds. The normalized spacial score (nSPS) is 10.9. The van der Waals surface area contributed by atoms with E-state index in [4.69, 9.17) is 0 Å². The van der Waals surface area contributed by atoms with Crippen molar-refractivity contribution in [3.63, 3.8) is 0 Å². The van der Waals surface area contributed by atoms with Crippen LogP contribution in [-0.2, 0) is 0 Å². The SMILES string of the molecule is CC(C)n1cc(C=O)c(-c2cc(F)cc(F)c2)n1. The molecule has 0 aliphatic carbocycles. The molecule has 0 N–H and O–H groups in total. The highest BCUT2D eigenvalue weighted by atomic mass is 19.1. The molecule has 18 heavy (non-hydrogen) atoms. The van der Waals surface area contributed by atoms with Crippen LogP contribution in [0.5, 0.6) is 0 Å². The molecule has 94 valence electrons. The summed E-state index contributed by atoms with van der Waals surface area (Å²) in [5, 5.41) is 4.19. The first-order chi connectivity index (χ1) is 8.51. The number of hydrogen-bond donors (Lipinski definition) is 0. The Morgan fingerprint density at radius 3 is 2.33 bits per heavy atom. The first-order valence-corrected chi connectivity index (χ1v) is 5.52. The van der Waals surface area contributed by atoms with Crippen molar-refractivity contribution in [2.45, 2.75) is 19.9 Å². The fourth-order valence-electron chi connectivity index (χ4n) is 1.67. The molecule has 1 aromatic carbocycles. The van der Waals surface area contributed by atoms with Gasteiger partial charge in [-0.3, -0.25) is 9.48 Å². The van der Waals surface area contributed by atoms with E-state index in [1.807, 2.05) is 13.8 Å². The van der Waals surface area contributed by atoms with E-state index in [1.165, 1.54) is 0 Å². The van der Waals surface area contributed by atoms with Gasteiger partial charge in [-0.25, -0.2) is 8.78 Å². The average Bonchev–Trinajstić information content (AvgIpc) is 2.71. The maximum Gasteiger partial charge on any atom is 0.153 e. The highest BCUT2D eigenvalue weighted by Gasteiger charge is 2.13. The minimum absolute atomic E-state index is 0.0656. The van der Waals surface area contributed by atoms with Crippen LogP contribution in [-0.4, -0.2) is 16.1 Å². The van der Waals surface area contributed by atoms with E-state index in [1.54, 1.807) is 10.9 Å². The Hall–Kier alpha value is -2.04. The minimum Gasteiger partial charge on any atom is -0.298 e. The molecule has 0 aliphatic heterocycles. The molecule has 2 aromatic rings. The maximum absolute atomic E-state index is 13.2. The summed E-state index contributed by atoms with van der Waals surface area (Å²) in [6.45, 7) is 3.80. The van der Waals surface area contributed by atoms with Crippen LogP contribution >= 0.6 is 0 Å². The predicted octanol–water partition coefficient (Wildman–Crippen LogP) is 3.22. The molecule has 0 bridgehead atoms. The first kappa shape index (κ1) is 12.4. The van der Waals surface area contributed by atoms with Gasteiger partial charge < -0.3 is 0 Å². The van der Waals surface area contributed by atoms with Crippen molar-refractivity contribution in [1.29, 1.82) is 0 Å². The zero-order valence-electron chi connectivity index (χ0n) is 10.0. The quantitative estimate of drug-likeness (QED) is 0.784. The van der Waals surface area contributed by atoms with Gasteiger partial charge in [0.2, 0.25) is 0 Å². The summed E-state index contributed by atoms with van der Waals surface area (Å²) in [4.78, 5) is 11.0. The molecule has 1 aromatic heterocycles. The molecule has 2 rings (SSSR count). The van der Waals surface area contributed by atoms with E-state index in [9.17, 15) is 13.6 Å². The Morgan fingerprint density at radius 1 is 1.22 bits per heavy atom. The number of carbonyl (C=O) groups is 1. The van der Waals surface area contributed by atoms with E-state index in [0.717, 1.165) is 18.2 Å². The van der Waals surface area contributed by atoms with Crippen molar-refractivity contribution in [1.82, 2.24) is 9.78 Å². The molecule has 0 radical (unpaired) electrons. The molecule has 0 spiro atoms. The van der Waals surface area contributed by atoms with Gasteiger partial charge in [-0.2, -0.15) is 5.10 Å². The van der Waals surface area contributed by atoms with Gasteiger partial charge >= 0.3 is 0 Å². The first-order valence-electron chi connectivity index (χ1n) is 5.52. The number of aldehydes is 1. The maximum atomic E-state index is 13.2. The highest BCUT2D eigenvalue weighted by molar-refractivity contribution is 5.85. The monoisotopic (exact) mass is 250 g/mol. The van der Waals surface area contributed by atoms with Crippen LogP contribution in [0.4, 0.5) is 8.78 Å². The lowest BCUT2D eigenvalue weighted by atomic mass is 10.1. The van der Waals surface area contributed by atoms with Gasteiger partial charge in [0.25, 0.3) is 0 Å². The molecule has 0 saturated carbocycles. The third kappa shape index (κ3) is 2.30. The van der Waals surface area contributed by atoms with Crippen LogP contribution in [0.25, 0.3) is 11.3 Å². The van der Waals surface area contributed by atoms with Gasteiger partial charge in [0.15, 0.2) is 6.29 Å². The van der Waals surface area contributed by atoms with Crippen LogP contribution in [0.3, 0.4) is 0 Å². The smallest absolute Gasteiger partial charge is 0.153 e. The Labute approximate surface area is 103 Å². The number of nitrogens with zero attached hydrogens (tertiary/aromatic N) is 2. The molecular formula is C13H12F2N2O. The molecule has 0 unspecified atom stereocenters. The molecule has 1 heterocycles. The summed E-state index contributed by atoms with van der Waals surface area (Å²) in [7, 11) is 0. The van der Waals surface area contributed by atoms with E-state index >= 15 is 0 Å². The van der Waals surface area contributed by atoms with E-state index in [2.05, 4.69) is 5.10 Å². The fourth-order valence-corrected chi connectivity index (χ4v) is 1.67. The van der Waals surface area contributed by atoms with Crippen molar-refractivity contribution < 1.29 is 13.6 Å². The summed E-state index contributed by atoms with van der Waals surface area (Å²) in [5.74, 6) is -1.39. The highest BCUT2D eigenvalue weighted by Crippen LogP contribution is 2.24. The van der Waals surface area contributed by atoms with Gasteiger partial charge in [0.1, 0.15) is 17.3 Å². The standard InChI is InChI=1S/C13H12F2N2O/c1-8(2)17-6-10(7-18)13(16-17)9-3-11(14)5-12(15)4-9/h3-8H,1-2H3. The summed E-state index contributed by atoms with van der Waals surface area (Å²) in [6.07, 6.45) is 2.19. The van der Waals surface area contributed by atoms with Crippen molar-refractivity contribution >= 4 is 6.29 Å². The number of carbonyl (C=O) groups excluding carboxylic acids is 1. The lowest BCUT2D eigenvalue weighted by Crippen LogP contribution is -2.00. The minimum atomic E-state index is -0.694. The Bertz CT molecular complexity index is 570. The second kappa shape index (κ2) is 4.68. The van der Waals surface area contributed by atoms with Crippen LogP contribution in [0.1, 0.15) is 30.2 Å². The average molecular weight is 250 g/mol. The summed E-state index contributed by atoms with van der Waals surface area (Å²) >= 11 is 0. The second-order valence-corrected chi connectivity index (χ2v) is 4.28. The van der Waals surface area contributed by atoms with Crippen molar-refractivity contribution in [3.8, 4) is 11.3 Å². The molecule has 3 nitrogen and oxygen atoms in total. The summed E-state index contributed by atoms with van der Waals surface area (Å²) in [5.41, 5.74) is 0.861. The van der Waals surface area contributed by atoms with E-state index in [-0.39, 0.29) is 17.3 Å². The molecular weight excluding hydrogens is 238 g/mol. The molecule has 5 heteroatoms. The number of halogens is 2. The zero-order valence-corrected chi connectivity index (χ0v) is 10.0. The summed E-state index contributed by atoms with van der Waals surface area (Å²) in [6, 6.07) is 3.16. The second-order valence-electron chi connectivity index (χ2n) is 4.28. The lowest BCUT2D eigenvalue weighted by molar-refractivity contribution is 0.112. The summed E-state index contributed by atoms with van der Waals surface area (Å²) < 4.78 is 27.9. The Balaban J connectivity index is 2.58. The van der Waals surface area contributed by atoms with Gasteiger partial charge in [0.05, 0.1) is 5.56 Å². The van der Waals surface area contributed by atoms with E-state index < -0.39 is 11.6 Å². The van der Waals surface area contributed by atoms with Crippen molar-refractivity contribution in [3.05, 3.63) is 41.6 Å². The zero-order chi connectivity index (χ0) is 13.3. The third-order valence-corrected chi connectivity index (χ3v) is 2.55. The number of hydrogen-bond acceptors (Lipinski definition) is 2. The van der Waals surface area contributed by atoms with Gasteiger partial charge in [-0.15, -0.1) is 0 Å². The van der Waals surface area contributed by atoms with E-state index in [0.29, 0.717) is 11.8 Å².